The Morgan fingerprint density at radius 2 is 2.00 bits per heavy atom. The van der Waals surface area contributed by atoms with Gasteiger partial charge in [-0.1, -0.05) is 0 Å². The Kier molecular flexibility index (Phi) is 3.64. The first-order chi connectivity index (χ1) is 7.15. The first kappa shape index (κ1) is 13.4. The van der Waals surface area contributed by atoms with Crippen LogP contribution in [0.5, 0.6) is 0 Å². The van der Waals surface area contributed by atoms with Gasteiger partial charge in [-0.25, -0.2) is 8.42 Å². The molecule has 2 N–H and O–H groups in total. The molecule has 1 atom stereocenters. The smallest absolute Gasteiger partial charge is 0.320 e. The van der Waals surface area contributed by atoms with E-state index in [0.717, 1.165) is 12.8 Å². The van der Waals surface area contributed by atoms with Crippen LogP contribution in [0, 0.1) is 5.92 Å². The highest BCUT2D eigenvalue weighted by Gasteiger charge is 2.38. The van der Waals surface area contributed by atoms with Crippen molar-refractivity contribution in [3.05, 3.63) is 0 Å². The molecule has 0 aromatic rings. The van der Waals surface area contributed by atoms with Gasteiger partial charge in [0.25, 0.3) is 0 Å². The zero-order chi connectivity index (χ0) is 12.6. The predicted octanol–water partition coefficient (Wildman–Crippen LogP) is 0.262. The van der Waals surface area contributed by atoms with Crippen LogP contribution < -0.4 is 5.32 Å². The molecule has 0 aromatic carbocycles. The molecule has 1 rings (SSSR count). The average molecular weight is 249 g/mol. The zero-order valence-corrected chi connectivity index (χ0v) is 10.7. The van der Waals surface area contributed by atoms with Crippen molar-refractivity contribution in [3.8, 4) is 0 Å². The number of aliphatic carboxylic acids is 1. The Morgan fingerprint density at radius 1 is 1.50 bits per heavy atom. The maximum Gasteiger partial charge on any atom is 0.320 e. The van der Waals surface area contributed by atoms with Crippen LogP contribution in [-0.2, 0) is 14.6 Å². The molecule has 0 heterocycles. The largest absolute Gasteiger partial charge is 0.480 e. The molecule has 16 heavy (non-hydrogen) atoms. The van der Waals surface area contributed by atoms with Gasteiger partial charge in [0.05, 0.1) is 4.75 Å². The maximum atomic E-state index is 11.4. The van der Waals surface area contributed by atoms with Crippen LogP contribution in [0.15, 0.2) is 0 Å². The van der Waals surface area contributed by atoms with Gasteiger partial charge in [-0.15, -0.1) is 0 Å². The molecule has 1 fully saturated rings. The number of carboxylic acids is 1. The summed E-state index contributed by atoms with van der Waals surface area (Å²) in [5, 5.41) is 11.8. The number of carbonyl (C=O) groups is 1. The lowest BCUT2D eigenvalue weighted by Crippen LogP contribution is -2.48. The first-order valence-electron chi connectivity index (χ1n) is 5.31. The SMILES string of the molecule is CC(C)(CNC(C(=O)O)C1CC1)S(C)(=O)=O. The Morgan fingerprint density at radius 3 is 2.31 bits per heavy atom. The fraction of sp³-hybridized carbons (Fsp3) is 0.900. The van der Waals surface area contributed by atoms with E-state index >= 15 is 0 Å². The molecule has 1 aliphatic carbocycles. The Labute approximate surface area is 96.1 Å². The molecular weight excluding hydrogens is 230 g/mol. The van der Waals surface area contributed by atoms with Crippen LogP contribution in [0.2, 0.25) is 0 Å². The molecule has 5 nitrogen and oxygen atoms in total. The van der Waals surface area contributed by atoms with Gasteiger partial charge in [-0.2, -0.15) is 0 Å². The summed E-state index contributed by atoms with van der Waals surface area (Å²) in [7, 11) is -3.18. The van der Waals surface area contributed by atoms with Gasteiger partial charge in [0.15, 0.2) is 9.84 Å². The van der Waals surface area contributed by atoms with Crippen molar-refractivity contribution in [3.63, 3.8) is 0 Å². The van der Waals surface area contributed by atoms with Crippen molar-refractivity contribution in [2.24, 2.45) is 5.92 Å². The number of sulfone groups is 1. The molecule has 0 saturated heterocycles. The molecule has 0 radical (unpaired) electrons. The van der Waals surface area contributed by atoms with E-state index in [2.05, 4.69) is 5.32 Å². The Hall–Kier alpha value is -0.620. The van der Waals surface area contributed by atoms with E-state index in [0.29, 0.717) is 0 Å². The Balaban J connectivity index is 2.58. The van der Waals surface area contributed by atoms with E-state index in [1.807, 2.05) is 0 Å². The topological polar surface area (TPSA) is 83.5 Å². The van der Waals surface area contributed by atoms with E-state index in [4.69, 9.17) is 5.11 Å². The molecule has 0 aliphatic heterocycles. The number of rotatable bonds is 6. The van der Waals surface area contributed by atoms with Gasteiger partial charge >= 0.3 is 5.97 Å². The molecule has 1 unspecified atom stereocenters. The number of carboxylic acid groups (broad SMARTS) is 1. The molecule has 1 saturated carbocycles. The van der Waals surface area contributed by atoms with Crippen molar-refractivity contribution >= 4 is 15.8 Å². The lowest BCUT2D eigenvalue weighted by molar-refractivity contribution is -0.140. The van der Waals surface area contributed by atoms with Crippen LogP contribution in [0.4, 0.5) is 0 Å². The highest BCUT2D eigenvalue weighted by Crippen LogP contribution is 2.33. The van der Waals surface area contributed by atoms with Crippen molar-refractivity contribution in [2.45, 2.75) is 37.5 Å². The summed E-state index contributed by atoms with van der Waals surface area (Å²) in [6.45, 7) is 3.36. The minimum absolute atomic E-state index is 0.160. The number of nitrogens with one attached hydrogen (secondary N) is 1. The summed E-state index contributed by atoms with van der Waals surface area (Å²) in [5.41, 5.74) is 0. The summed E-state index contributed by atoms with van der Waals surface area (Å²) in [5.74, 6) is -0.736. The third-order valence-corrected chi connectivity index (χ3v) is 5.26. The lowest BCUT2D eigenvalue weighted by Gasteiger charge is -2.25. The van der Waals surface area contributed by atoms with E-state index in [9.17, 15) is 13.2 Å². The standard InChI is InChI=1S/C10H19NO4S/c1-10(2,16(3,14)15)6-11-8(9(12)13)7-4-5-7/h7-8,11H,4-6H2,1-3H3,(H,12,13). The third kappa shape index (κ3) is 3.18. The van der Waals surface area contributed by atoms with Crippen molar-refractivity contribution in [1.29, 1.82) is 0 Å². The van der Waals surface area contributed by atoms with Crippen LogP contribution in [-0.4, -0.2) is 43.1 Å². The molecule has 0 bridgehead atoms. The van der Waals surface area contributed by atoms with E-state index in [1.54, 1.807) is 13.8 Å². The van der Waals surface area contributed by atoms with Crippen LogP contribution in [0.1, 0.15) is 26.7 Å². The fourth-order valence-corrected chi connectivity index (χ4v) is 1.72. The lowest BCUT2D eigenvalue weighted by atomic mass is 10.1. The fourth-order valence-electron chi connectivity index (χ4n) is 1.37. The second-order valence-electron chi connectivity index (χ2n) is 5.07. The first-order valence-corrected chi connectivity index (χ1v) is 7.20. The van der Waals surface area contributed by atoms with Gasteiger partial charge in [0, 0.05) is 12.8 Å². The normalized spacial score (nSPS) is 19.4. The quantitative estimate of drug-likeness (QED) is 0.705. The van der Waals surface area contributed by atoms with Crippen LogP contribution in [0.25, 0.3) is 0 Å². The highest BCUT2D eigenvalue weighted by atomic mass is 32.2. The summed E-state index contributed by atoms with van der Waals surface area (Å²) in [4.78, 5) is 10.9. The summed E-state index contributed by atoms with van der Waals surface area (Å²) < 4.78 is 21.9. The van der Waals surface area contributed by atoms with E-state index in [1.165, 1.54) is 6.26 Å². The molecule has 0 aromatic heterocycles. The minimum Gasteiger partial charge on any atom is -0.480 e. The van der Waals surface area contributed by atoms with Gasteiger partial charge in [-0.3, -0.25) is 4.79 Å². The Bertz CT molecular complexity index is 370. The molecule has 0 amide bonds. The molecule has 0 spiro atoms. The minimum atomic E-state index is -3.18. The predicted molar refractivity (Wildman–Crippen MR) is 61.1 cm³/mol. The van der Waals surface area contributed by atoms with Gasteiger partial charge in [0.1, 0.15) is 6.04 Å². The second-order valence-corrected chi connectivity index (χ2v) is 7.72. The van der Waals surface area contributed by atoms with Gasteiger partial charge in [0.2, 0.25) is 0 Å². The van der Waals surface area contributed by atoms with Gasteiger partial charge < -0.3 is 10.4 Å². The summed E-state index contributed by atoms with van der Waals surface area (Å²) >= 11 is 0. The second kappa shape index (κ2) is 4.33. The third-order valence-electron chi connectivity index (χ3n) is 3.11. The number of hydrogen-bond acceptors (Lipinski definition) is 4. The molecule has 94 valence electrons. The van der Waals surface area contributed by atoms with Crippen LogP contribution in [0.3, 0.4) is 0 Å². The van der Waals surface area contributed by atoms with E-state index in [-0.39, 0.29) is 12.5 Å². The summed E-state index contributed by atoms with van der Waals surface area (Å²) in [6.07, 6.45) is 2.98. The number of hydrogen-bond donors (Lipinski definition) is 2. The van der Waals surface area contributed by atoms with Crippen molar-refractivity contribution in [2.75, 3.05) is 12.8 Å². The van der Waals surface area contributed by atoms with Crippen LogP contribution >= 0.6 is 0 Å². The average Bonchev–Trinajstić information content (AvgIpc) is 2.85. The van der Waals surface area contributed by atoms with E-state index < -0.39 is 26.6 Å². The molecule has 1 aliphatic rings. The molecular formula is C10H19NO4S. The highest BCUT2D eigenvalue weighted by molar-refractivity contribution is 7.92. The maximum absolute atomic E-state index is 11.4. The monoisotopic (exact) mass is 249 g/mol. The summed E-state index contributed by atoms with van der Waals surface area (Å²) in [6, 6.07) is -0.610. The van der Waals surface area contributed by atoms with Gasteiger partial charge in [-0.05, 0) is 32.6 Å². The van der Waals surface area contributed by atoms with Crippen molar-refractivity contribution < 1.29 is 18.3 Å². The zero-order valence-electron chi connectivity index (χ0n) is 9.86. The molecule has 6 heteroatoms. The van der Waals surface area contributed by atoms with Crippen molar-refractivity contribution in [1.82, 2.24) is 5.32 Å².